The molecule has 0 radical (unpaired) electrons. The van der Waals surface area contributed by atoms with Crippen molar-refractivity contribution in [1.82, 2.24) is 4.90 Å². The Kier molecular flexibility index (Phi) is 4.39. The van der Waals surface area contributed by atoms with Crippen molar-refractivity contribution < 1.29 is 21.8 Å². The third-order valence-electron chi connectivity index (χ3n) is 3.38. The number of rotatable bonds is 4. The van der Waals surface area contributed by atoms with Crippen molar-refractivity contribution in [2.75, 3.05) is 19.4 Å². The molecule has 5 nitrogen and oxygen atoms in total. The minimum atomic E-state index is -3.61. The van der Waals surface area contributed by atoms with Crippen LogP contribution < -0.4 is 0 Å². The molecule has 0 aromatic heterocycles. The molecule has 0 aliphatic carbocycles. The van der Waals surface area contributed by atoms with Crippen molar-refractivity contribution in [1.29, 1.82) is 0 Å². The highest BCUT2D eigenvalue weighted by atomic mass is 32.2. The lowest BCUT2D eigenvalue weighted by Crippen LogP contribution is -2.39. The first-order chi connectivity index (χ1) is 9.43. The standard InChI is InChI=1S/C13H16FNO4S/c1-19-20(17,18)9-12-3-2-8-15(12)13(16)10-4-6-11(14)7-5-10/h4-7,12H,2-3,8-9H2,1H3/t12-/m0/s1. The topological polar surface area (TPSA) is 63.7 Å². The zero-order chi connectivity index (χ0) is 14.8. The quantitative estimate of drug-likeness (QED) is 0.789. The van der Waals surface area contributed by atoms with Crippen LogP contribution in [0, 0.1) is 5.82 Å². The van der Waals surface area contributed by atoms with Gasteiger partial charge in [-0.3, -0.25) is 8.98 Å². The van der Waals surface area contributed by atoms with Crippen LogP contribution in [-0.2, 0) is 14.3 Å². The Labute approximate surface area is 117 Å². The van der Waals surface area contributed by atoms with Crippen LogP contribution in [0.15, 0.2) is 24.3 Å². The van der Waals surface area contributed by atoms with E-state index in [0.717, 1.165) is 13.5 Å². The van der Waals surface area contributed by atoms with Gasteiger partial charge in [-0.2, -0.15) is 8.42 Å². The van der Waals surface area contributed by atoms with Crippen molar-refractivity contribution in [3.05, 3.63) is 35.6 Å². The van der Waals surface area contributed by atoms with Crippen LogP contribution in [0.2, 0.25) is 0 Å². The molecule has 20 heavy (non-hydrogen) atoms. The molecule has 1 amide bonds. The van der Waals surface area contributed by atoms with E-state index in [1.165, 1.54) is 29.2 Å². The molecule has 110 valence electrons. The van der Waals surface area contributed by atoms with E-state index in [4.69, 9.17) is 0 Å². The number of likely N-dealkylation sites (tertiary alicyclic amines) is 1. The van der Waals surface area contributed by atoms with E-state index >= 15 is 0 Å². The third-order valence-corrected chi connectivity index (χ3v) is 4.68. The molecule has 0 unspecified atom stereocenters. The van der Waals surface area contributed by atoms with E-state index in [2.05, 4.69) is 4.18 Å². The van der Waals surface area contributed by atoms with E-state index in [9.17, 15) is 17.6 Å². The summed E-state index contributed by atoms with van der Waals surface area (Å²) in [5.74, 6) is -0.906. The minimum absolute atomic E-state index is 0.212. The number of hydrogen-bond donors (Lipinski definition) is 0. The SMILES string of the molecule is COS(=O)(=O)C[C@@H]1CCCN1C(=O)c1ccc(F)cc1. The van der Waals surface area contributed by atoms with Crippen LogP contribution in [0.3, 0.4) is 0 Å². The van der Waals surface area contributed by atoms with Gasteiger partial charge < -0.3 is 4.90 Å². The van der Waals surface area contributed by atoms with E-state index in [0.29, 0.717) is 18.5 Å². The van der Waals surface area contributed by atoms with Crippen molar-refractivity contribution in [3.8, 4) is 0 Å². The maximum absolute atomic E-state index is 12.9. The molecule has 1 atom stereocenters. The summed E-state index contributed by atoms with van der Waals surface area (Å²) >= 11 is 0. The Morgan fingerprint density at radius 1 is 1.40 bits per heavy atom. The summed E-state index contributed by atoms with van der Waals surface area (Å²) < 4.78 is 40.3. The maximum Gasteiger partial charge on any atom is 0.269 e. The first-order valence-corrected chi connectivity index (χ1v) is 7.85. The first kappa shape index (κ1) is 14.9. The molecule has 1 aliphatic heterocycles. The Morgan fingerprint density at radius 3 is 2.65 bits per heavy atom. The van der Waals surface area contributed by atoms with Gasteiger partial charge in [-0.15, -0.1) is 0 Å². The summed E-state index contributed by atoms with van der Waals surface area (Å²) in [6.07, 6.45) is 1.37. The molecule has 1 aromatic rings. The second-order valence-electron chi connectivity index (χ2n) is 4.69. The average molecular weight is 301 g/mol. The number of halogens is 1. The van der Waals surface area contributed by atoms with Crippen molar-refractivity contribution >= 4 is 16.0 Å². The van der Waals surface area contributed by atoms with Crippen molar-refractivity contribution in [2.45, 2.75) is 18.9 Å². The van der Waals surface area contributed by atoms with Gasteiger partial charge in [0.2, 0.25) is 0 Å². The van der Waals surface area contributed by atoms with Gasteiger partial charge in [-0.25, -0.2) is 4.39 Å². The fourth-order valence-corrected chi connectivity index (χ4v) is 3.29. The van der Waals surface area contributed by atoms with Gasteiger partial charge in [0.15, 0.2) is 0 Å². The maximum atomic E-state index is 12.9. The molecule has 1 heterocycles. The van der Waals surface area contributed by atoms with Gasteiger partial charge in [0.25, 0.3) is 16.0 Å². The van der Waals surface area contributed by atoms with Crippen LogP contribution in [0.1, 0.15) is 23.2 Å². The van der Waals surface area contributed by atoms with Gasteiger partial charge in [0.1, 0.15) is 5.82 Å². The van der Waals surface area contributed by atoms with E-state index in [1.807, 2.05) is 0 Å². The number of amides is 1. The Bertz CT molecular complexity index is 585. The molecule has 0 saturated carbocycles. The number of benzene rings is 1. The smallest absolute Gasteiger partial charge is 0.269 e. The second kappa shape index (κ2) is 5.88. The molecule has 2 rings (SSSR count). The lowest BCUT2D eigenvalue weighted by molar-refractivity contribution is 0.0748. The zero-order valence-electron chi connectivity index (χ0n) is 11.1. The highest BCUT2D eigenvalue weighted by Gasteiger charge is 2.32. The molecule has 7 heteroatoms. The van der Waals surface area contributed by atoms with Gasteiger partial charge in [-0.1, -0.05) is 0 Å². The summed E-state index contributed by atoms with van der Waals surface area (Å²) in [4.78, 5) is 13.8. The second-order valence-corrected chi connectivity index (χ2v) is 6.47. The van der Waals surface area contributed by atoms with Gasteiger partial charge in [0.05, 0.1) is 12.9 Å². The highest BCUT2D eigenvalue weighted by Crippen LogP contribution is 2.22. The van der Waals surface area contributed by atoms with Gasteiger partial charge in [-0.05, 0) is 37.1 Å². The van der Waals surface area contributed by atoms with Crippen molar-refractivity contribution in [2.24, 2.45) is 0 Å². The van der Waals surface area contributed by atoms with Crippen LogP contribution in [-0.4, -0.2) is 44.7 Å². The summed E-state index contributed by atoms with van der Waals surface area (Å²) in [6.45, 7) is 0.500. The Hall–Kier alpha value is -1.47. The summed E-state index contributed by atoms with van der Waals surface area (Å²) in [5.41, 5.74) is 0.355. The van der Waals surface area contributed by atoms with Crippen LogP contribution in [0.4, 0.5) is 4.39 Å². The van der Waals surface area contributed by atoms with Crippen LogP contribution >= 0.6 is 0 Å². The zero-order valence-corrected chi connectivity index (χ0v) is 11.9. The van der Waals surface area contributed by atoms with Crippen LogP contribution in [0.25, 0.3) is 0 Å². The molecular formula is C13H16FNO4S. The molecule has 1 aromatic carbocycles. The number of nitrogens with zero attached hydrogens (tertiary/aromatic N) is 1. The van der Waals surface area contributed by atoms with Gasteiger partial charge in [0, 0.05) is 18.2 Å². The number of carbonyl (C=O) groups excluding carboxylic acids is 1. The van der Waals surface area contributed by atoms with Gasteiger partial charge >= 0.3 is 0 Å². The minimum Gasteiger partial charge on any atom is -0.335 e. The first-order valence-electron chi connectivity index (χ1n) is 6.28. The molecule has 1 saturated heterocycles. The molecule has 1 aliphatic rings. The largest absolute Gasteiger partial charge is 0.335 e. The Morgan fingerprint density at radius 2 is 2.05 bits per heavy atom. The molecule has 0 bridgehead atoms. The molecule has 1 fully saturated rings. The lowest BCUT2D eigenvalue weighted by Gasteiger charge is -2.24. The third kappa shape index (κ3) is 3.34. The highest BCUT2D eigenvalue weighted by molar-refractivity contribution is 7.86. The predicted octanol–water partition coefficient (Wildman–Crippen LogP) is 1.41. The Balaban J connectivity index is 2.14. The van der Waals surface area contributed by atoms with Crippen molar-refractivity contribution in [3.63, 3.8) is 0 Å². The van der Waals surface area contributed by atoms with E-state index in [-0.39, 0.29) is 11.7 Å². The lowest BCUT2D eigenvalue weighted by atomic mass is 10.2. The van der Waals surface area contributed by atoms with Crippen LogP contribution in [0.5, 0.6) is 0 Å². The summed E-state index contributed by atoms with van der Waals surface area (Å²) in [5, 5.41) is 0. The fraction of sp³-hybridized carbons (Fsp3) is 0.462. The summed E-state index contributed by atoms with van der Waals surface area (Å²) in [7, 11) is -2.50. The molecule has 0 N–H and O–H groups in total. The fourth-order valence-electron chi connectivity index (χ4n) is 2.34. The molecule has 0 spiro atoms. The number of hydrogen-bond acceptors (Lipinski definition) is 4. The predicted molar refractivity (Wildman–Crippen MR) is 71.3 cm³/mol. The normalized spacial score (nSPS) is 19.3. The van der Waals surface area contributed by atoms with E-state index < -0.39 is 22.0 Å². The number of carbonyl (C=O) groups is 1. The average Bonchev–Trinajstić information content (AvgIpc) is 2.86. The molecular weight excluding hydrogens is 285 g/mol. The summed E-state index contributed by atoms with van der Waals surface area (Å²) in [6, 6.07) is 4.84. The monoisotopic (exact) mass is 301 g/mol. The van der Waals surface area contributed by atoms with E-state index in [1.54, 1.807) is 0 Å².